The van der Waals surface area contributed by atoms with Crippen LogP contribution in [0.15, 0.2) is 33.7 Å². The second kappa shape index (κ2) is 4.18. The number of aryl methyl sites for hydroxylation is 1. The Morgan fingerprint density at radius 1 is 1.60 bits per heavy atom. The van der Waals surface area contributed by atoms with Crippen LogP contribution in [-0.4, -0.2) is 9.78 Å². The van der Waals surface area contributed by atoms with E-state index in [-0.39, 0.29) is 6.04 Å². The van der Waals surface area contributed by atoms with Crippen LogP contribution < -0.4 is 11.3 Å². The predicted molar refractivity (Wildman–Crippen MR) is 58.8 cm³/mol. The molecule has 3 N–H and O–H groups in total. The highest BCUT2D eigenvalue weighted by molar-refractivity contribution is 9.10. The second-order valence-corrected chi connectivity index (χ2v) is 3.85. The van der Waals surface area contributed by atoms with Crippen molar-refractivity contribution in [1.82, 2.24) is 15.2 Å². The summed E-state index contributed by atoms with van der Waals surface area (Å²) >= 11 is 3.33. The van der Waals surface area contributed by atoms with E-state index < -0.39 is 0 Å². The molecule has 2 aromatic heterocycles. The first-order valence-electron chi connectivity index (χ1n) is 4.41. The maximum absolute atomic E-state index is 5.54. The lowest BCUT2D eigenvalue weighted by molar-refractivity contribution is 0.518. The summed E-state index contributed by atoms with van der Waals surface area (Å²) in [7, 11) is 1.87. The molecule has 0 amide bonds. The molecule has 0 saturated carbocycles. The van der Waals surface area contributed by atoms with Crippen molar-refractivity contribution in [3.05, 3.63) is 40.5 Å². The smallest absolute Gasteiger partial charge is 0.174 e. The van der Waals surface area contributed by atoms with Gasteiger partial charge in [-0.15, -0.1) is 0 Å². The van der Waals surface area contributed by atoms with Crippen molar-refractivity contribution in [2.75, 3.05) is 0 Å². The fourth-order valence-electron chi connectivity index (χ4n) is 1.51. The molecule has 80 valence electrons. The number of nitrogens with one attached hydrogen (secondary N) is 1. The van der Waals surface area contributed by atoms with Crippen molar-refractivity contribution < 1.29 is 4.42 Å². The van der Waals surface area contributed by atoms with E-state index in [2.05, 4.69) is 26.5 Å². The predicted octanol–water partition coefficient (Wildman–Crippen LogP) is 1.33. The molecule has 0 radical (unpaired) electrons. The van der Waals surface area contributed by atoms with Crippen LogP contribution in [0.2, 0.25) is 0 Å². The molecule has 0 bridgehead atoms. The molecule has 0 spiro atoms. The van der Waals surface area contributed by atoms with Gasteiger partial charge in [0.2, 0.25) is 0 Å². The van der Waals surface area contributed by atoms with Crippen LogP contribution in [-0.2, 0) is 7.05 Å². The third-order valence-corrected chi connectivity index (χ3v) is 2.92. The fourth-order valence-corrected chi connectivity index (χ4v) is 1.98. The summed E-state index contributed by atoms with van der Waals surface area (Å²) < 4.78 is 7.62. The van der Waals surface area contributed by atoms with Gasteiger partial charge in [0.25, 0.3) is 0 Å². The van der Waals surface area contributed by atoms with E-state index in [0.717, 1.165) is 11.3 Å². The van der Waals surface area contributed by atoms with Gasteiger partial charge in [0.05, 0.1) is 18.0 Å². The number of halogens is 1. The molecule has 2 rings (SSSR count). The molecular formula is C9H11BrN4O. The number of nitrogens with two attached hydrogens (primary N) is 1. The minimum absolute atomic E-state index is 0.134. The molecule has 2 aromatic rings. The SMILES string of the molecule is Cn1nccc1C(NN)c1ccoc1Br. The van der Waals surface area contributed by atoms with Crippen LogP contribution in [0.5, 0.6) is 0 Å². The summed E-state index contributed by atoms with van der Waals surface area (Å²) in [6.45, 7) is 0. The third kappa shape index (κ3) is 1.83. The normalized spacial score (nSPS) is 13.0. The Morgan fingerprint density at radius 2 is 2.40 bits per heavy atom. The van der Waals surface area contributed by atoms with Crippen LogP contribution in [0.1, 0.15) is 17.3 Å². The van der Waals surface area contributed by atoms with E-state index in [1.165, 1.54) is 0 Å². The number of hydrogen-bond acceptors (Lipinski definition) is 4. The second-order valence-electron chi connectivity index (χ2n) is 3.13. The highest BCUT2D eigenvalue weighted by atomic mass is 79.9. The molecule has 0 aliphatic rings. The van der Waals surface area contributed by atoms with Crippen LogP contribution in [0.25, 0.3) is 0 Å². The van der Waals surface area contributed by atoms with Gasteiger partial charge in [-0.1, -0.05) is 0 Å². The molecule has 1 atom stereocenters. The van der Waals surface area contributed by atoms with Crippen molar-refractivity contribution in [3.8, 4) is 0 Å². The summed E-state index contributed by atoms with van der Waals surface area (Å²) in [5.74, 6) is 5.54. The summed E-state index contributed by atoms with van der Waals surface area (Å²) in [5.41, 5.74) is 4.66. The quantitative estimate of drug-likeness (QED) is 0.652. The zero-order chi connectivity index (χ0) is 10.8. The van der Waals surface area contributed by atoms with Crippen molar-refractivity contribution in [1.29, 1.82) is 0 Å². The van der Waals surface area contributed by atoms with E-state index >= 15 is 0 Å². The van der Waals surface area contributed by atoms with E-state index in [1.54, 1.807) is 17.1 Å². The first kappa shape index (κ1) is 10.4. The largest absolute Gasteiger partial charge is 0.457 e. The molecule has 6 heteroatoms. The molecule has 2 heterocycles. The minimum atomic E-state index is -0.134. The molecule has 0 saturated heterocycles. The molecule has 0 aliphatic carbocycles. The number of furan rings is 1. The Bertz CT molecular complexity index is 410. The van der Waals surface area contributed by atoms with Gasteiger partial charge in [-0.05, 0) is 28.1 Å². The number of hydrogen-bond donors (Lipinski definition) is 2. The first-order valence-corrected chi connectivity index (χ1v) is 5.20. The molecule has 1 unspecified atom stereocenters. The summed E-state index contributed by atoms with van der Waals surface area (Å²) in [6, 6.07) is 3.64. The van der Waals surface area contributed by atoms with Crippen molar-refractivity contribution >= 4 is 15.9 Å². The van der Waals surface area contributed by atoms with Crippen molar-refractivity contribution in [2.24, 2.45) is 12.9 Å². The van der Waals surface area contributed by atoms with Gasteiger partial charge in [0.1, 0.15) is 0 Å². The summed E-state index contributed by atoms with van der Waals surface area (Å²) in [5, 5.41) is 4.10. The highest BCUT2D eigenvalue weighted by Gasteiger charge is 2.19. The minimum Gasteiger partial charge on any atom is -0.457 e. The van der Waals surface area contributed by atoms with E-state index in [1.807, 2.05) is 19.2 Å². The molecular weight excluding hydrogens is 260 g/mol. The standard InChI is InChI=1S/C9H11BrN4O/c1-14-7(2-4-12-14)8(13-11)6-3-5-15-9(6)10/h2-5,8,13H,11H2,1H3. The number of aromatic nitrogens is 2. The Balaban J connectivity index is 2.41. The number of rotatable bonds is 3. The Morgan fingerprint density at radius 3 is 2.87 bits per heavy atom. The van der Waals surface area contributed by atoms with Crippen LogP contribution in [0.3, 0.4) is 0 Å². The number of hydrazine groups is 1. The van der Waals surface area contributed by atoms with Gasteiger partial charge in [0.15, 0.2) is 4.67 Å². The van der Waals surface area contributed by atoms with Gasteiger partial charge in [0, 0.05) is 18.8 Å². The van der Waals surface area contributed by atoms with Gasteiger partial charge in [-0.2, -0.15) is 5.10 Å². The van der Waals surface area contributed by atoms with E-state index in [0.29, 0.717) is 4.67 Å². The van der Waals surface area contributed by atoms with Gasteiger partial charge in [-0.25, -0.2) is 5.43 Å². The lowest BCUT2D eigenvalue weighted by atomic mass is 10.1. The molecule has 0 aromatic carbocycles. The van der Waals surface area contributed by atoms with Crippen LogP contribution in [0, 0.1) is 0 Å². The monoisotopic (exact) mass is 270 g/mol. The Kier molecular flexibility index (Phi) is 2.90. The van der Waals surface area contributed by atoms with Crippen molar-refractivity contribution in [3.63, 3.8) is 0 Å². The maximum atomic E-state index is 5.54. The van der Waals surface area contributed by atoms with Gasteiger partial charge >= 0.3 is 0 Å². The topological polar surface area (TPSA) is 69.0 Å². The third-order valence-electron chi connectivity index (χ3n) is 2.28. The molecule has 0 aliphatic heterocycles. The molecule has 0 fully saturated rings. The summed E-state index contributed by atoms with van der Waals surface area (Å²) in [4.78, 5) is 0. The van der Waals surface area contributed by atoms with Crippen molar-refractivity contribution in [2.45, 2.75) is 6.04 Å². The Labute approximate surface area is 95.3 Å². The van der Waals surface area contributed by atoms with E-state index in [4.69, 9.17) is 10.3 Å². The van der Waals surface area contributed by atoms with Crippen LogP contribution >= 0.6 is 15.9 Å². The maximum Gasteiger partial charge on any atom is 0.174 e. The fraction of sp³-hybridized carbons (Fsp3) is 0.222. The Hall–Kier alpha value is -1.11. The van der Waals surface area contributed by atoms with Gasteiger partial charge < -0.3 is 4.42 Å². The molecule has 15 heavy (non-hydrogen) atoms. The molecule has 5 nitrogen and oxygen atoms in total. The highest BCUT2D eigenvalue weighted by Crippen LogP contribution is 2.28. The lowest BCUT2D eigenvalue weighted by Crippen LogP contribution is -2.30. The van der Waals surface area contributed by atoms with Gasteiger partial charge in [-0.3, -0.25) is 10.5 Å². The summed E-state index contributed by atoms with van der Waals surface area (Å²) in [6.07, 6.45) is 3.34. The first-order chi connectivity index (χ1) is 7.24. The zero-order valence-corrected chi connectivity index (χ0v) is 9.73. The lowest BCUT2D eigenvalue weighted by Gasteiger charge is -2.14. The zero-order valence-electron chi connectivity index (χ0n) is 8.14. The average molecular weight is 271 g/mol. The van der Waals surface area contributed by atoms with Crippen LogP contribution in [0.4, 0.5) is 0 Å². The van der Waals surface area contributed by atoms with E-state index in [9.17, 15) is 0 Å². The average Bonchev–Trinajstić information content (AvgIpc) is 2.80. The number of nitrogens with zero attached hydrogens (tertiary/aromatic N) is 2.